The van der Waals surface area contributed by atoms with Crippen LogP contribution in [-0.4, -0.2) is 37.6 Å². The molecule has 0 N–H and O–H groups in total. The van der Waals surface area contributed by atoms with Crippen molar-refractivity contribution >= 4 is 49.1 Å². The van der Waals surface area contributed by atoms with Crippen molar-refractivity contribution in [2.24, 2.45) is 5.92 Å². The minimum Gasteiger partial charge on any atom is -0.381 e. The van der Waals surface area contributed by atoms with Gasteiger partial charge in [0.05, 0.1) is 8.66 Å². The average Bonchev–Trinajstić information content (AvgIpc) is 2.70. The molecule has 0 aromatic carbocycles. The summed E-state index contributed by atoms with van der Waals surface area (Å²) < 4.78 is 7.24. The molecular weight excluding hydrogens is 382 g/mol. The molecule has 1 aromatic heterocycles. The van der Waals surface area contributed by atoms with Gasteiger partial charge in [-0.05, 0) is 56.7 Å². The summed E-state index contributed by atoms with van der Waals surface area (Å²) in [4.78, 5) is 14.8. The van der Waals surface area contributed by atoms with Crippen molar-refractivity contribution in [3.05, 3.63) is 19.2 Å². The molecule has 0 unspecified atom stereocenters. The predicted octanol–water partition coefficient (Wildman–Crippen LogP) is 3.77. The average molecular weight is 397 g/mol. The van der Waals surface area contributed by atoms with Crippen molar-refractivity contribution in [2.45, 2.75) is 12.8 Å². The van der Waals surface area contributed by atoms with Gasteiger partial charge < -0.3 is 9.64 Å². The van der Waals surface area contributed by atoms with Crippen molar-refractivity contribution in [2.75, 3.05) is 26.8 Å². The van der Waals surface area contributed by atoms with E-state index in [0.29, 0.717) is 5.92 Å². The van der Waals surface area contributed by atoms with E-state index in [1.54, 1.807) is 0 Å². The molecule has 1 amide bonds. The van der Waals surface area contributed by atoms with E-state index in [4.69, 9.17) is 4.74 Å². The molecular formula is C12H15Br2NO2S. The molecule has 0 radical (unpaired) electrons. The normalized spacial score (nSPS) is 16.8. The Kier molecular flexibility index (Phi) is 5.24. The molecule has 3 nitrogen and oxygen atoms in total. The third kappa shape index (κ3) is 3.56. The highest BCUT2D eigenvalue weighted by Crippen LogP contribution is 2.33. The highest BCUT2D eigenvalue weighted by atomic mass is 79.9. The molecule has 1 aliphatic rings. The maximum atomic E-state index is 12.2. The Hall–Kier alpha value is 0.0900. The Balaban J connectivity index is 1.95. The van der Waals surface area contributed by atoms with E-state index in [1.807, 2.05) is 18.0 Å². The number of ether oxygens (including phenoxy) is 1. The smallest absolute Gasteiger partial charge is 0.263 e. The monoisotopic (exact) mass is 395 g/mol. The second-order valence-electron chi connectivity index (χ2n) is 4.47. The van der Waals surface area contributed by atoms with Gasteiger partial charge >= 0.3 is 0 Å². The van der Waals surface area contributed by atoms with Gasteiger partial charge in [-0.15, -0.1) is 11.3 Å². The lowest BCUT2D eigenvalue weighted by atomic mass is 10.00. The molecule has 100 valence electrons. The first-order valence-corrected chi connectivity index (χ1v) is 8.26. The Labute approximate surface area is 128 Å². The van der Waals surface area contributed by atoms with Crippen LogP contribution in [0.1, 0.15) is 22.5 Å². The fourth-order valence-electron chi connectivity index (χ4n) is 2.04. The van der Waals surface area contributed by atoms with Gasteiger partial charge in [0, 0.05) is 31.3 Å². The van der Waals surface area contributed by atoms with Crippen molar-refractivity contribution in [3.63, 3.8) is 0 Å². The maximum absolute atomic E-state index is 12.2. The SMILES string of the molecule is CN(CC1CCOCC1)C(=O)c1cc(Br)c(Br)s1. The van der Waals surface area contributed by atoms with Gasteiger partial charge in [-0.1, -0.05) is 0 Å². The summed E-state index contributed by atoms with van der Waals surface area (Å²) in [6.45, 7) is 2.46. The quantitative estimate of drug-likeness (QED) is 0.778. The van der Waals surface area contributed by atoms with E-state index in [0.717, 1.165) is 45.7 Å². The van der Waals surface area contributed by atoms with Crippen LogP contribution >= 0.6 is 43.2 Å². The van der Waals surface area contributed by atoms with Crippen molar-refractivity contribution in [3.8, 4) is 0 Å². The van der Waals surface area contributed by atoms with E-state index in [2.05, 4.69) is 31.9 Å². The van der Waals surface area contributed by atoms with Crippen LogP contribution in [-0.2, 0) is 4.74 Å². The Bertz CT molecular complexity index is 410. The second kappa shape index (κ2) is 6.50. The standard InChI is InChI=1S/C12H15Br2NO2S/c1-15(7-8-2-4-17-5-3-8)12(16)10-6-9(13)11(14)18-10/h6,8H,2-5,7H2,1H3. The molecule has 2 rings (SSSR count). The highest BCUT2D eigenvalue weighted by molar-refractivity contribution is 9.13. The molecule has 0 bridgehead atoms. The van der Waals surface area contributed by atoms with E-state index in [-0.39, 0.29) is 5.91 Å². The number of nitrogens with zero attached hydrogens (tertiary/aromatic N) is 1. The minimum absolute atomic E-state index is 0.0953. The van der Waals surface area contributed by atoms with Crippen LogP contribution in [0.5, 0.6) is 0 Å². The van der Waals surface area contributed by atoms with Gasteiger partial charge in [-0.2, -0.15) is 0 Å². The molecule has 6 heteroatoms. The van der Waals surface area contributed by atoms with Gasteiger partial charge in [0.2, 0.25) is 0 Å². The summed E-state index contributed by atoms with van der Waals surface area (Å²) in [6, 6.07) is 1.87. The molecule has 1 fully saturated rings. The number of carbonyl (C=O) groups excluding carboxylic acids is 1. The third-order valence-electron chi connectivity index (χ3n) is 3.08. The van der Waals surface area contributed by atoms with Crippen LogP contribution in [0.4, 0.5) is 0 Å². The zero-order valence-corrected chi connectivity index (χ0v) is 14.1. The van der Waals surface area contributed by atoms with Crippen molar-refractivity contribution < 1.29 is 9.53 Å². The Morgan fingerprint density at radius 1 is 1.50 bits per heavy atom. The van der Waals surface area contributed by atoms with E-state index < -0.39 is 0 Å². The number of hydrogen-bond acceptors (Lipinski definition) is 3. The van der Waals surface area contributed by atoms with Gasteiger partial charge in [0.1, 0.15) is 0 Å². The van der Waals surface area contributed by atoms with Crippen LogP contribution in [0.3, 0.4) is 0 Å². The summed E-state index contributed by atoms with van der Waals surface area (Å²) in [5, 5.41) is 0. The molecule has 0 spiro atoms. The molecule has 2 heterocycles. The van der Waals surface area contributed by atoms with Crippen molar-refractivity contribution in [1.29, 1.82) is 0 Å². The topological polar surface area (TPSA) is 29.5 Å². The summed E-state index contributed by atoms with van der Waals surface area (Å²) >= 11 is 8.29. The zero-order valence-electron chi connectivity index (χ0n) is 10.1. The highest BCUT2D eigenvalue weighted by Gasteiger charge is 2.21. The predicted molar refractivity (Wildman–Crippen MR) is 80.2 cm³/mol. The molecule has 1 saturated heterocycles. The van der Waals surface area contributed by atoms with E-state index >= 15 is 0 Å². The molecule has 1 aromatic rings. The molecule has 0 aliphatic carbocycles. The third-order valence-corrected chi connectivity index (χ3v) is 6.32. The minimum atomic E-state index is 0.0953. The van der Waals surface area contributed by atoms with Gasteiger partial charge in [-0.25, -0.2) is 0 Å². The van der Waals surface area contributed by atoms with E-state index in [1.165, 1.54) is 11.3 Å². The summed E-state index contributed by atoms with van der Waals surface area (Å²) in [5.41, 5.74) is 0. The number of hydrogen-bond donors (Lipinski definition) is 0. The first-order valence-electron chi connectivity index (χ1n) is 5.86. The van der Waals surface area contributed by atoms with Gasteiger partial charge in [-0.3, -0.25) is 4.79 Å². The lowest BCUT2D eigenvalue weighted by Gasteiger charge is -2.26. The van der Waals surface area contributed by atoms with Crippen LogP contribution in [0.25, 0.3) is 0 Å². The zero-order chi connectivity index (χ0) is 13.1. The largest absolute Gasteiger partial charge is 0.381 e. The second-order valence-corrected chi connectivity index (χ2v) is 7.70. The number of carbonyl (C=O) groups is 1. The summed E-state index contributed by atoms with van der Waals surface area (Å²) in [6.07, 6.45) is 2.10. The first-order chi connectivity index (χ1) is 8.58. The maximum Gasteiger partial charge on any atom is 0.263 e. The molecule has 0 atom stereocenters. The van der Waals surface area contributed by atoms with E-state index in [9.17, 15) is 4.79 Å². The molecule has 18 heavy (non-hydrogen) atoms. The summed E-state index contributed by atoms with van der Waals surface area (Å²) in [7, 11) is 1.87. The number of rotatable bonds is 3. The number of halogens is 2. The van der Waals surface area contributed by atoms with Gasteiger partial charge in [0.25, 0.3) is 5.91 Å². The molecule has 1 aliphatic heterocycles. The van der Waals surface area contributed by atoms with Crippen LogP contribution < -0.4 is 0 Å². The fraction of sp³-hybridized carbons (Fsp3) is 0.583. The van der Waals surface area contributed by atoms with Crippen LogP contribution in [0, 0.1) is 5.92 Å². The van der Waals surface area contributed by atoms with Gasteiger partial charge in [0.15, 0.2) is 0 Å². The van der Waals surface area contributed by atoms with Crippen LogP contribution in [0.2, 0.25) is 0 Å². The first kappa shape index (κ1) is 14.5. The molecule has 0 saturated carbocycles. The lowest BCUT2D eigenvalue weighted by Crippen LogP contribution is -2.33. The summed E-state index contributed by atoms with van der Waals surface area (Å²) in [5.74, 6) is 0.664. The van der Waals surface area contributed by atoms with Crippen molar-refractivity contribution in [1.82, 2.24) is 4.90 Å². The lowest BCUT2D eigenvalue weighted by molar-refractivity contribution is 0.0499. The fourth-order valence-corrected chi connectivity index (χ4v) is 4.07. The Morgan fingerprint density at radius 3 is 2.72 bits per heavy atom. The number of amides is 1. The number of thiophene rings is 1. The Morgan fingerprint density at radius 2 is 2.17 bits per heavy atom. The van der Waals surface area contributed by atoms with Crippen LogP contribution in [0.15, 0.2) is 14.3 Å².